The molecule has 0 N–H and O–H groups in total. The Morgan fingerprint density at radius 1 is 1.13 bits per heavy atom. The maximum Gasteiger partial charge on any atom is 0.308 e. The molecule has 3 aromatic rings. The van der Waals surface area contributed by atoms with Crippen molar-refractivity contribution in [3.63, 3.8) is 0 Å². The summed E-state index contributed by atoms with van der Waals surface area (Å²) in [5, 5.41) is 9.01. The fourth-order valence-corrected chi connectivity index (χ4v) is 3.29. The minimum absolute atomic E-state index is 0.197. The Balaban J connectivity index is 1.86. The smallest absolute Gasteiger partial charge is 0.308 e. The molecule has 1 heterocycles. The lowest BCUT2D eigenvalue weighted by Crippen LogP contribution is -2.10. The monoisotopic (exact) mass is 414 g/mol. The van der Waals surface area contributed by atoms with E-state index in [1.165, 1.54) is 6.92 Å². The highest BCUT2D eigenvalue weighted by Gasteiger charge is 2.17. The Morgan fingerprint density at radius 3 is 2.55 bits per heavy atom. The first-order valence-corrected chi connectivity index (χ1v) is 10.4. The van der Waals surface area contributed by atoms with Crippen LogP contribution in [0.4, 0.5) is 0 Å². The lowest BCUT2D eigenvalue weighted by Gasteiger charge is -2.20. The maximum atomic E-state index is 11.2. The molecule has 0 bridgehead atoms. The second kappa shape index (κ2) is 10.4. The minimum atomic E-state index is -0.346. The van der Waals surface area contributed by atoms with Crippen molar-refractivity contribution in [2.75, 3.05) is 0 Å². The molecule has 5 heteroatoms. The van der Waals surface area contributed by atoms with E-state index in [0.29, 0.717) is 17.1 Å². The van der Waals surface area contributed by atoms with Gasteiger partial charge in [-0.1, -0.05) is 31.5 Å². The number of esters is 1. The molecule has 1 unspecified atom stereocenters. The van der Waals surface area contributed by atoms with Crippen molar-refractivity contribution in [3.05, 3.63) is 77.5 Å². The average molecular weight is 415 g/mol. The number of carbonyl (C=O) groups excluding carboxylic acids is 1. The van der Waals surface area contributed by atoms with Crippen LogP contribution in [0.25, 0.3) is 11.3 Å². The van der Waals surface area contributed by atoms with Gasteiger partial charge in [-0.2, -0.15) is 5.26 Å². The zero-order chi connectivity index (χ0) is 22.2. The zero-order valence-corrected chi connectivity index (χ0v) is 18.1. The third-order valence-corrected chi connectivity index (χ3v) is 4.91. The van der Waals surface area contributed by atoms with Gasteiger partial charge in [-0.15, -0.1) is 0 Å². The lowest BCUT2D eigenvalue weighted by molar-refractivity contribution is -0.131. The summed E-state index contributed by atoms with van der Waals surface area (Å²) in [4.78, 5) is 16.1. The van der Waals surface area contributed by atoms with E-state index in [0.717, 1.165) is 41.8 Å². The Hall–Kier alpha value is -3.65. The first kappa shape index (κ1) is 22.0. The van der Waals surface area contributed by atoms with Crippen LogP contribution in [0.15, 0.2) is 60.7 Å². The Kier molecular flexibility index (Phi) is 7.40. The average Bonchev–Trinajstić information content (AvgIpc) is 2.78. The number of unbranched alkanes of at least 4 members (excludes halogenated alkanes) is 1. The Morgan fingerprint density at radius 2 is 1.90 bits per heavy atom. The summed E-state index contributed by atoms with van der Waals surface area (Å²) in [7, 11) is 0. The number of nitriles is 1. The molecule has 2 aromatic carbocycles. The molecule has 0 aliphatic carbocycles. The predicted octanol–water partition coefficient (Wildman–Crippen LogP) is 6.16. The standard InChI is InChI=1S/C26H26N2O3/c1-4-5-9-26(31-22-14-15-25(18(2)16-22)30-19(3)29)24-8-6-7-23(28-24)21-12-10-20(17-27)11-13-21/h6-8,10-16,26H,4-5,9H2,1-3H3. The summed E-state index contributed by atoms with van der Waals surface area (Å²) in [5.41, 5.74) is 4.11. The minimum Gasteiger partial charge on any atom is -0.484 e. The molecular formula is C26H26N2O3. The van der Waals surface area contributed by atoms with Crippen LogP contribution in [0.1, 0.15) is 56.0 Å². The number of hydrogen-bond donors (Lipinski definition) is 0. The molecule has 0 radical (unpaired) electrons. The fraction of sp³-hybridized carbons (Fsp3) is 0.269. The van der Waals surface area contributed by atoms with Crippen molar-refractivity contribution in [2.24, 2.45) is 0 Å². The fourth-order valence-electron chi connectivity index (χ4n) is 3.29. The van der Waals surface area contributed by atoms with Crippen LogP contribution in [0.5, 0.6) is 11.5 Å². The summed E-state index contributed by atoms with van der Waals surface area (Å²) in [6.07, 6.45) is 2.71. The summed E-state index contributed by atoms with van der Waals surface area (Å²) in [5.74, 6) is 0.896. The van der Waals surface area contributed by atoms with Gasteiger partial charge in [0.15, 0.2) is 0 Å². The van der Waals surface area contributed by atoms with Crippen molar-refractivity contribution in [1.29, 1.82) is 5.26 Å². The van der Waals surface area contributed by atoms with Gasteiger partial charge in [-0.05, 0) is 67.8 Å². The van der Waals surface area contributed by atoms with Crippen molar-refractivity contribution in [2.45, 2.75) is 46.1 Å². The summed E-state index contributed by atoms with van der Waals surface area (Å²) in [6, 6.07) is 20.9. The predicted molar refractivity (Wildman–Crippen MR) is 120 cm³/mol. The van der Waals surface area contributed by atoms with Gasteiger partial charge in [0.1, 0.15) is 17.6 Å². The third kappa shape index (κ3) is 5.93. The van der Waals surface area contributed by atoms with Crippen LogP contribution in [-0.4, -0.2) is 11.0 Å². The van der Waals surface area contributed by atoms with Gasteiger partial charge in [-0.25, -0.2) is 4.98 Å². The van der Waals surface area contributed by atoms with Crippen LogP contribution in [0, 0.1) is 18.3 Å². The second-order valence-electron chi connectivity index (χ2n) is 7.41. The molecule has 31 heavy (non-hydrogen) atoms. The van der Waals surface area contributed by atoms with Crippen LogP contribution in [-0.2, 0) is 4.79 Å². The Labute approximate surface area is 183 Å². The Bertz CT molecular complexity index is 1080. The number of benzene rings is 2. The molecule has 0 aliphatic heterocycles. The number of ether oxygens (including phenoxy) is 2. The highest BCUT2D eigenvalue weighted by Crippen LogP contribution is 2.30. The van der Waals surface area contributed by atoms with E-state index in [1.807, 2.05) is 49.4 Å². The molecule has 5 nitrogen and oxygen atoms in total. The highest BCUT2D eigenvalue weighted by molar-refractivity contribution is 5.70. The molecule has 3 rings (SSSR count). The number of carbonyl (C=O) groups is 1. The highest BCUT2D eigenvalue weighted by atomic mass is 16.5. The van der Waals surface area contributed by atoms with Gasteiger partial charge in [0.05, 0.1) is 23.0 Å². The van der Waals surface area contributed by atoms with Gasteiger partial charge in [0.25, 0.3) is 0 Å². The second-order valence-corrected chi connectivity index (χ2v) is 7.41. The summed E-state index contributed by atoms with van der Waals surface area (Å²) in [6.45, 7) is 5.42. The number of aromatic nitrogens is 1. The number of aryl methyl sites for hydroxylation is 1. The topological polar surface area (TPSA) is 72.2 Å². The van der Waals surface area contributed by atoms with Gasteiger partial charge in [0.2, 0.25) is 0 Å². The third-order valence-electron chi connectivity index (χ3n) is 4.91. The van der Waals surface area contributed by atoms with E-state index in [9.17, 15) is 4.79 Å². The van der Waals surface area contributed by atoms with Crippen LogP contribution in [0.2, 0.25) is 0 Å². The largest absolute Gasteiger partial charge is 0.484 e. The van der Waals surface area contributed by atoms with E-state index < -0.39 is 0 Å². The van der Waals surface area contributed by atoms with Crippen LogP contribution in [0.3, 0.4) is 0 Å². The number of pyridine rings is 1. The quantitative estimate of drug-likeness (QED) is 0.326. The summed E-state index contributed by atoms with van der Waals surface area (Å²) < 4.78 is 11.5. The van der Waals surface area contributed by atoms with Gasteiger partial charge in [-0.3, -0.25) is 4.79 Å². The van der Waals surface area contributed by atoms with Crippen LogP contribution < -0.4 is 9.47 Å². The molecule has 0 fully saturated rings. The van der Waals surface area contributed by atoms with E-state index in [4.69, 9.17) is 19.7 Å². The molecule has 0 amide bonds. The molecule has 0 spiro atoms. The lowest BCUT2D eigenvalue weighted by atomic mass is 10.1. The van der Waals surface area contributed by atoms with Crippen molar-refractivity contribution >= 4 is 5.97 Å². The molecule has 0 saturated heterocycles. The van der Waals surface area contributed by atoms with Crippen molar-refractivity contribution in [1.82, 2.24) is 4.98 Å². The van der Waals surface area contributed by atoms with Gasteiger partial charge >= 0.3 is 5.97 Å². The van der Waals surface area contributed by atoms with Crippen molar-refractivity contribution < 1.29 is 14.3 Å². The van der Waals surface area contributed by atoms with E-state index in [1.54, 1.807) is 18.2 Å². The molecule has 0 aliphatic rings. The van der Waals surface area contributed by atoms with E-state index in [2.05, 4.69) is 13.0 Å². The molecule has 0 saturated carbocycles. The zero-order valence-electron chi connectivity index (χ0n) is 18.1. The van der Waals surface area contributed by atoms with Gasteiger partial charge in [0, 0.05) is 12.5 Å². The van der Waals surface area contributed by atoms with E-state index >= 15 is 0 Å². The van der Waals surface area contributed by atoms with Gasteiger partial charge < -0.3 is 9.47 Å². The normalized spacial score (nSPS) is 11.4. The molecular weight excluding hydrogens is 388 g/mol. The summed E-state index contributed by atoms with van der Waals surface area (Å²) >= 11 is 0. The number of nitrogens with zero attached hydrogens (tertiary/aromatic N) is 2. The first-order chi connectivity index (χ1) is 15.0. The molecule has 1 aromatic heterocycles. The molecule has 1 atom stereocenters. The van der Waals surface area contributed by atoms with Crippen LogP contribution >= 0.6 is 0 Å². The van der Waals surface area contributed by atoms with E-state index in [-0.39, 0.29) is 12.1 Å². The SMILES string of the molecule is CCCCC(Oc1ccc(OC(C)=O)c(C)c1)c1cccc(-c2ccc(C#N)cc2)n1. The van der Waals surface area contributed by atoms with Crippen molar-refractivity contribution in [3.8, 4) is 28.8 Å². The number of hydrogen-bond acceptors (Lipinski definition) is 5. The first-order valence-electron chi connectivity index (χ1n) is 10.4. The number of rotatable bonds is 8. The molecule has 158 valence electrons. The maximum absolute atomic E-state index is 11.2.